The molecule has 0 spiro atoms. The Kier molecular flexibility index (Phi) is 3.22. The van der Waals surface area contributed by atoms with Gasteiger partial charge in [-0.1, -0.05) is 13.3 Å². The van der Waals surface area contributed by atoms with Gasteiger partial charge in [0.05, 0.1) is 12.1 Å². The molecule has 0 unspecified atom stereocenters. The van der Waals surface area contributed by atoms with E-state index in [4.69, 9.17) is 5.11 Å². The molecule has 65 valence electrons. The lowest BCUT2D eigenvalue weighted by Crippen LogP contribution is -2.02. The van der Waals surface area contributed by atoms with Crippen LogP contribution in [0, 0.1) is 5.51 Å². The van der Waals surface area contributed by atoms with Gasteiger partial charge in [-0.05, 0) is 6.42 Å². The number of carbonyl (C=O) groups is 1. The highest BCUT2D eigenvalue weighted by molar-refractivity contribution is 7.09. The molecule has 0 aliphatic carbocycles. The zero-order chi connectivity index (χ0) is 8.97. The Balaban J connectivity index is 2.69. The molecule has 0 fully saturated rings. The normalized spacial score (nSPS) is 10.1. The average molecular weight is 184 g/mol. The summed E-state index contributed by atoms with van der Waals surface area (Å²) < 4.78 is 0. The van der Waals surface area contributed by atoms with Crippen LogP contribution in [0.4, 0.5) is 0 Å². The second-order valence-corrected chi connectivity index (χ2v) is 3.38. The van der Waals surface area contributed by atoms with Crippen LogP contribution in [0.5, 0.6) is 0 Å². The molecule has 0 amide bonds. The monoisotopic (exact) mass is 184 g/mol. The van der Waals surface area contributed by atoms with Gasteiger partial charge in [-0.2, -0.15) is 0 Å². The van der Waals surface area contributed by atoms with Crippen LogP contribution < -0.4 is 0 Å². The van der Waals surface area contributed by atoms with Crippen molar-refractivity contribution in [1.82, 2.24) is 4.98 Å². The van der Waals surface area contributed by atoms with E-state index in [0.717, 1.165) is 17.7 Å². The highest BCUT2D eigenvalue weighted by atomic mass is 32.1. The highest BCUT2D eigenvalue weighted by Crippen LogP contribution is 2.15. The Morgan fingerprint density at radius 3 is 3.08 bits per heavy atom. The van der Waals surface area contributed by atoms with Crippen LogP contribution in [0.3, 0.4) is 0 Å². The summed E-state index contributed by atoms with van der Waals surface area (Å²) in [6, 6.07) is 0. The molecule has 0 aromatic carbocycles. The first kappa shape index (κ1) is 9.19. The van der Waals surface area contributed by atoms with Gasteiger partial charge in [0.1, 0.15) is 0 Å². The van der Waals surface area contributed by atoms with Crippen molar-refractivity contribution in [2.45, 2.75) is 26.2 Å². The van der Waals surface area contributed by atoms with Gasteiger partial charge in [0.2, 0.25) is 0 Å². The van der Waals surface area contributed by atoms with Crippen molar-refractivity contribution in [2.24, 2.45) is 0 Å². The fourth-order valence-corrected chi connectivity index (χ4v) is 1.77. The van der Waals surface area contributed by atoms with Crippen LogP contribution in [0.1, 0.15) is 23.9 Å². The molecule has 0 saturated carbocycles. The van der Waals surface area contributed by atoms with Gasteiger partial charge in [-0.15, -0.1) is 11.3 Å². The van der Waals surface area contributed by atoms with E-state index >= 15 is 0 Å². The number of hydrogen-bond acceptors (Lipinski definition) is 3. The van der Waals surface area contributed by atoms with Gasteiger partial charge < -0.3 is 5.11 Å². The predicted octanol–water partition coefficient (Wildman–Crippen LogP) is 1.52. The lowest BCUT2D eigenvalue weighted by atomic mass is 10.2. The molecule has 1 aromatic heterocycles. The van der Waals surface area contributed by atoms with Gasteiger partial charge in [0, 0.05) is 4.88 Å². The van der Waals surface area contributed by atoms with Gasteiger partial charge >= 0.3 is 5.97 Å². The molecule has 0 bridgehead atoms. The minimum Gasteiger partial charge on any atom is -0.481 e. The molecule has 1 N–H and O–H groups in total. The quantitative estimate of drug-likeness (QED) is 0.771. The number of aliphatic carboxylic acids is 1. The molecular formula is C8H10NO2S. The maximum atomic E-state index is 10.4. The van der Waals surface area contributed by atoms with E-state index in [0.29, 0.717) is 5.69 Å². The first-order chi connectivity index (χ1) is 5.74. The summed E-state index contributed by atoms with van der Waals surface area (Å²) in [5.41, 5.74) is 3.39. The molecular weight excluding hydrogens is 174 g/mol. The molecule has 1 radical (unpaired) electrons. The maximum absolute atomic E-state index is 10.4. The summed E-state index contributed by atoms with van der Waals surface area (Å²) >= 11 is 1.42. The third kappa shape index (κ3) is 2.30. The fraction of sp³-hybridized carbons (Fsp3) is 0.500. The minimum atomic E-state index is -0.827. The number of aromatic nitrogens is 1. The van der Waals surface area contributed by atoms with E-state index in [-0.39, 0.29) is 6.42 Å². The highest BCUT2D eigenvalue weighted by Gasteiger charge is 2.08. The molecule has 12 heavy (non-hydrogen) atoms. The topological polar surface area (TPSA) is 50.2 Å². The standard InChI is InChI=1S/C8H10NO2S/c1-2-3-7-6(4-8(10)11)9-5-12-7/h2-4H2,1H3,(H,10,11). The zero-order valence-electron chi connectivity index (χ0n) is 6.83. The summed E-state index contributed by atoms with van der Waals surface area (Å²) in [7, 11) is 0. The molecule has 1 aromatic rings. The van der Waals surface area contributed by atoms with E-state index in [9.17, 15) is 4.79 Å². The lowest BCUT2D eigenvalue weighted by Gasteiger charge is -1.95. The van der Waals surface area contributed by atoms with E-state index in [2.05, 4.69) is 17.4 Å². The third-order valence-corrected chi connectivity index (χ3v) is 2.34. The van der Waals surface area contributed by atoms with Gasteiger partial charge in [0.15, 0.2) is 5.51 Å². The Morgan fingerprint density at radius 2 is 2.50 bits per heavy atom. The van der Waals surface area contributed by atoms with Crippen molar-refractivity contribution >= 4 is 17.3 Å². The van der Waals surface area contributed by atoms with Crippen LogP contribution in [0.25, 0.3) is 0 Å². The zero-order valence-corrected chi connectivity index (χ0v) is 7.65. The van der Waals surface area contributed by atoms with Crippen LogP contribution in [-0.2, 0) is 17.6 Å². The second-order valence-electron chi connectivity index (χ2n) is 2.50. The van der Waals surface area contributed by atoms with E-state index in [1.165, 1.54) is 11.3 Å². The maximum Gasteiger partial charge on any atom is 0.309 e. The summed E-state index contributed by atoms with van der Waals surface area (Å²) in [6.07, 6.45) is 1.95. The third-order valence-electron chi connectivity index (χ3n) is 1.47. The molecule has 0 saturated heterocycles. The van der Waals surface area contributed by atoms with Gasteiger partial charge in [-0.25, -0.2) is 4.98 Å². The van der Waals surface area contributed by atoms with Crippen molar-refractivity contribution in [3.05, 3.63) is 16.1 Å². The van der Waals surface area contributed by atoms with E-state index in [1.807, 2.05) is 0 Å². The average Bonchev–Trinajstić information content (AvgIpc) is 2.37. The molecule has 0 aliphatic heterocycles. The molecule has 1 rings (SSSR count). The van der Waals surface area contributed by atoms with Gasteiger partial charge in [-0.3, -0.25) is 4.79 Å². The lowest BCUT2D eigenvalue weighted by molar-refractivity contribution is -0.136. The van der Waals surface area contributed by atoms with Crippen molar-refractivity contribution in [3.63, 3.8) is 0 Å². The summed E-state index contributed by atoms with van der Waals surface area (Å²) in [5, 5.41) is 8.53. The van der Waals surface area contributed by atoms with Crippen LogP contribution in [-0.4, -0.2) is 16.1 Å². The molecule has 1 heterocycles. The first-order valence-electron chi connectivity index (χ1n) is 3.80. The summed E-state index contributed by atoms with van der Waals surface area (Å²) in [4.78, 5) is 15.3. The van der Waals surface area contributed by atoms with E-state index in [1.54, 1.807) is 0 Å². The minimum absolute atomic E-state index is 0.0231. The Morgan fingerprint density at radius 1 is 1.75 bits per heavy atom. The second kappa shape index (κ2) is 4.21. The largest absolute Gasteiger partial charge is 0.481 e. The van der Waals surface area contributed by atoms with Gasteiger partial charge in [0.25, 0.3) is 0 Å². The van der Waals surface area contributed by atoms with Crippen molar-refractivity contribution < 1.29 is 9.90 Å². The number of carboxylic acids is 1. The number of hydrogen-bond donors (Lipinski definition) is 1. The number of carboxylic acid groups (broad SMARTS) is 1. The van der Waals surface area contributed by atoms with Crippen LogP contribution in [0.15, 0.2) is 0 Å². The van der Waals surface area contributed by atoms with Crippen molar-refractivity contribution in [1.29, 1.82) is 0 Å². The van der Waals surface area contributed by atoms with Crippen LogP contribution in [0.2, 0.25) is 0 Å². The number of thiazole rings is 1. The molecule has 0 atom stereocenters. The summed E-state index contributed by atoms with van der Waals surface area (Å²) in [5.74, 6) is -0.827. The smallest absolute Gasteiger partial charge is 0.309 e. The van der Waals surface area contributed by atoms with Crippen molar-refractivity contribution in [3.8, 4) is 0 Å². The number of rotatable bonds is 4. The molecule has 3 nitrogen and oxygen atoms in total. The Labute approximate surface area is 75.1 Å². The number of nitrogens with zero attached hydrogens (tertiary/aromatic N) is 1. The molecule has 4 heteroatoms. The predicted molar refractivity (Wildman–Crippen MR) is 46.3 cm³/mol. The fourth-order valence-electron chi connectivity index (χ4n) is 0.958. The Bertz CT molecular complexity index is 270. The number of aryl methyl sites for hydroxylation is 1. The first-order valence-corrected chi connectivity index (χ1v) is 4.62. The SMILES string of the molecule is CCCc1s[c]nc1CC(=O)O. The Hall–Kier alpha value is -0.900. The van der Waals surface area contributed by atoms with Crippen molar-refractivity contribution in [2.75, 3.05) is 0 Å². The summed E-state index contributed by atoms with van der Waals surface area (Å²) in [6.45, 7) is 2.06. The van der Waals surface area contributed by atoms with Crippen LogP contribution >= 0.6 is 11.3 Å². The molecule has 0 aliphatic rings. The van der Waals surface area contributed by atoms with E-state index < -0.39 is 5.97 Å².